The van der Waals surface area contributed by atoms with E-state index in [-0.39, 0.29) is 17.7 Å². The number of allylic oxidation sites excluding steroid dienone is 2. The molecule has 2 atom stereocenters. The number of halogens is 3. The van der Waals surface area contributed by atoms with Crippen LogP contribution in [-0.2, 0) is 6.42 Å². The fourth-order valence-electron chi connectivity index (χ4n) is 6.20. The number of unbranched alkanes of at least 4 members (excludes halogenated alkanes) is 1. The summed E-state index contributed by atoms with van der Waals surface area (Å²) in [7, 11) is 0. The van der Waals surface area contributed by atoms with Crippen molar-refractivity contribution in [2.24, 2.45) is 17.8 Å². The highest BCUT2D eigenvalue weighted by Gasteiger charge is 2.28. The zero-order chi connectivity index (χ0) is 24.8. The molecule has 0 aliphatic heterocycles. The normalized spacial score (nSPS) is 24.9. The molecule has 4 rings (SSSR count). The highest BCUT2D eigenvalue weighted by atomic mass is 19.2. The fraction of sp³-hybridized carbons (Fsp3) is 0.562. The molecule has 0 aromatic heterocycles. The van der Waals surface area contributed by atoms with Gasteiger partial charge in [-0.25, -0.2) is 13.2 Å². The third kappa shape index (κ3) is 6.40. The van der Waals surface area contributed by atoms with E-state index < -0.39 is 11.6 Å². The number of hydrogen-bond donors (Lipinski definition) is 0. The van der Waals surface area contributed by atoms with E-state index in [2.05, 4.69) is 13.8 Å². The lowest BCUT2D eigenvalue weighted by Crippen LogP contribution is -2.17. The Morgan fingerprint density at radius 1 is 0.743 bits per heavy atom. The molecule has 0 bridgehead atoms. The molecular formula is C32H41F3. The highest BCUT2D eigenvalue weighted by Crippen LogP contribution is 2.42. The van der Waals surface area contributed by atoms with E-state index >= 15 is 8.78 Å². The van der Waals surface area contributed by atoms with Gasteiger partial charge in [-0.15, -0.1) is 0 Å². The van der Waals surface area contributed by atoms with Gasteiger partial charge in [-0.3, -0.25) is 0 Å². The average molecular weight is 483 g/mol. The van der Waals surface area contributed by atoms with Gasteiger partial charge in [-0.2, -0.15) is 0 Å². The summed E-state index contributed by atoms with van der Waals surface area (Å²) in [6, 6.07) is 11.2. The predicted octanol–water partition coefficient (Wildman–Crippen LogP) is 10.3. The number of rotatable bonds is 9. The van der Waals surface area contributed by atoms with Crippen LogP contribution in [0.25, 0.3) is 11.1 Å². The van der Waals surface area contributed by atoms with Crippen LogP contribution in [0.15, 0.2) is 48.3 Å². The third-order valence-corrected chi connectivity index (χ3v) is 8.59. The van der Waals surface area contributed by atoms with Gasteiger partial charge in [0.15, 0.2) is 11.6 Å². The number of aryl methyl sites for hydroxylation is 1. The van der Waals surface area contributed by atoms with Gasteiger partial charge in [-0.05, 0) is 105 Å². The van der Waals surface area contributed by atoms with E-state index in [1.54, 1.807) is 12.1 Å². The molecule has 2 aliphatic carbocycles. The Labute approximate surface area is 210 Å². The van der Waals surface area contributed by atoms with Crippen LogP contribution in [0.3, 0.4) is 0 Å². The molecular weight excluding hydrogens is 441 g/mol. The van der Waals surface area contributed by atoms with Crippen molar-refractivity contribution in [3.8, 4) is 11.1 Å². The Kier molecular flexibility index (Phi) is 9.14. The quantitative estimate of drug-likeness (QED) is 0.333. The molecule has 0 saturated heterocycles. The van der Waals surface area contributed by atoms with Gasteiger partial charge in [0.25, 0.3) is 0 Å². The molecule has 3 heteroatoms. The second-order valence-electron chi connectivity index (χ2n) is 10.9. The predicted molar refractivity (Wildman–Crippen MR) is 140 cm³/mol. The molecule has 0 N–H and O–H groups in total. The van der Waals surface area contributed by atoms with E-state index in [9.17, 15) is 4.39 Å². The largest absolute Gasteiger partial charge is 0.212 e. The van der Waals surface area contributed by atoms with Crippen LogP contribution in [0.5, 0.6) is 0 Å². The summed E-state index contributed by atoms with van der Waals surface area (Å²) in [6.45, 7) is 4.26. The first-order chi connectivity index (χ1) is 17.0. The first-order valence-electron chi connectivity index (χ1n) is 13.9. The summed E-state index contributed by atoms with van der Waals surface area (Å²) in [6.07, 6.45) is 14.2. The summed E-state index contributed by atoms with van der Waals surface area (Å²) in [5.41, 5.74) is 2.76. The maximum atomic E-state index is 15.1. The molecule has 0 heterocycles. The van der Waals surface area contributed by atoms with Crippen LogP contribution in [0.2, 0.25) is 0 Å². The van der Waals surface area contributed by atoms with Crippen LogP contribution in [-0.4, -0.2) is 0 Å². The van der Waals surface area contributed by atoms with Crippen molar-refractivity contribution in [3.63, 3.8) is 0 Å². The lowest BCUT2D eigenvalue weighted by Gasteiger charge is -2.31. The Morgan fingerprint density at radius 3 is 2.14 bits per heavy atom. The Bertz CT molecular complexity index is 983. The number of hydrogen-bond acceptors (Lipinski definition) is 0. The first kappa shape index (κ1) is 26.0. The maximum Gasteiger partial charge on any atom is 0.166 e. The van der Waals surface area contributed by atoms with Crippen molar-refractivity contribution in [1.29, 1.82) is 0 Å². The molecule has 2 aliphatic rings. The Morgan fingerprint density at radius 2 is 1.49 bits per heavy atom. The van der Waals surface area contributed by atoms with Crippen molar-refractivity contribution in [2.45, 2.75) is 96.8 Å². The smallest absolute Gasteiger partial charge is 0.166 e. The minimum Gasteiger partial charge on any atom is -0.212 e. The molecule has 0 nitrogen and oxygen atoms in total. The summed E-state index contributed by atoms with van der Waals surface area (Å²) < 4.78 is 44.7. The lowest BCUT2D eigenvalue weighted by molar-refractivity contribution is 0.265. The van der Waals surface area contributed by atoms with Crippen LogP contribution in [0.1, 0.15) is 102 Å². The van der Waals surface area contributed by atoms with Gasteiger partial charge >= 0.3 is 0 Å². The van der Waals surface area contributed by atoms with Crippen molar-refractivity contribution >= 4 is 0 Å². The molecule has 0 radical (unpaired) electrons. The van der Waals surface area contributed by atoms with Crippen LogP contribution < -0.4 is 0 Å². The van der Waals surface area contributed by atoms with Gasteiger partial charge in [0.05, 0.1) is 5.83 Å². The van der Waals surface area contributed by atoms with E-state index in [4.69, 9.17) is 0 Å². The topological polar surface area (TPSA) is 0 Å². The minimum atomic E-state index is -0.731. The molecule has 190 valence electrons. The summed E-state index contributed by atoms with van der Waals surface area (Å²) in [5.74, 6) is -0.129. The van der Waals surface area contributed by atoms with Gasteiger partial charge in [0.2, 0.25) is 0 Å². The number of benzene rings is 2. The van der Waals surface area contributed by atoms with E-state index in [0.717, 1.165) is 69.8 Å². The van der Waals surface area contributed by atoms with Crippen molar-refractivity contribution in [2.75, 3.05) is 0 Å². The third-order valence-electron chi connectivity index (χ3n) is 8.59. The fourth-order valence-corrected chi connectivity index (χ4v) is 6.20. The zero-order valence-electron chi connectivity index (χ0n) is 21.5. The van der Waals surface area contributed by atoms with E-state index in [0.29, 0.717) is 23.0 Å². The molecule has 0 amide bonds. The summed E-state index contributed by atoms with van der Waals surface area (Å²) in [4.78, 5) is 0. The summed E-state index contributed by atoms with van der Waals surface area (Å²) >= 11 is 0. The standard InChI is InChI=1S/C32H41F3/c1-3-5-6-24-12-18-27(30(33)21-24)17-11-23-9-15-26(16-10-23)29-20-19-28(31(34)32(29)35)25-13-7-22(4-2)8-14-25/h7-8,13-14,19-21,23-24,26-27H,3-6,9-12,15-18H2,1-2H3. The summed E-state index contributed by atoms with van der Waals surface area (Å²) in [5, 5.41) is 0. The molecule has 1 fully saturated rings. The average Bonchev–Trinajstić information content (AvgIpc) is 2.89. The second kappa shape index (κ2) is 12.3. The Hall–Kier alpha value is -2.03. The SMILES string of the molecule is CCCCC1C=C(F)C(CCC2CCC(c3ccc(-c4ccc(CC)cc4)c(F)c3F)CC2)CC1. The Balaban J connectivity index is 1.30. The second-order valence-corrected chi connectivity index (χ2v) is 10.9. The lowest BCUT2D eigenvalue weighted by atomic mass is 9.75. The van der Waals surface area contributed by atoms with Crippen LogP contribution in [0.4, 0.5) is 13.2 Å². The maximum absolute atomic E-state index is 15.1. The minimum absolute atomic E-state index is 0.0721. The van der Waals surface area contributed by atoms with Crippen LogP contribution >= 0.6 is 0 Å². The van der Waals surface area contributed by atoms with Crippen LogP contribution in [0, 0.1) is 29.4 Å². The van der Waals surface area contributed by atoms with Gasteiger partial charge in [0, 0.05) is 11.5 Å². The molecule has 2 aromatic carbocycles. The monoisotopic (exact) mass is 482 g/mol. The van der Waals surface area contributed by atoms with Gasteiger partial charge < -0.3 is 0 Å². The first-order valence-corrected chi connectivity index (χ1v) is 13.9. The van der Waals surface area contributed by atoms with E-state index in [1.165, 1.54) is 18.4 Å². The molecule has 35 heavy (non-hydrogen) atoms. The van der Waals surface area contributed by atoms with Crippen molar-refractivity contribution < 1.29 is 13.2 Å². The van der Waals surface area contributed by atoms with Gasteiger partial charge in [0.1, 0.15) is 0 Å². The zero-order valence-corrected chi connectivity index (χ0v) is 21.5. The molecule has 1 saturated carbocycles. The molecule has 0 spiro atoms. The van der Waals surface area contributed by atoms with Crippen molar-refractivity contribution in [3.05, 3.63) is 71.1 Å². The van der Waals surface area contributed by atoms with Crippen molar-refractivity contribution in [1.82, 2.24) is 0 Å². The highest BCUT2D eigenvalue weighted by molar-refractivity contribution is 5.65. The van der Waals surface area contributed by atoms with Gasteiger partial charge in [-0.1, -0.05) is 63.1 Å². The van der Waals surface area contributed by atoms with E-state index in [1.807, 2.05) is 30.3 Å². The molecule has 2 unspecified atom stereocenters. The molecule has 2 aromatic rings.